The molecule has 1 aromatic carbocycles. The lowest BCUT2D eigenvalue weighted by atomic mass is 10.1. The monoisotopic (exact) mass is 255 g/mol. The smallest absolute Gasteiger partial charge is 0.242 e. The van der Waals surface area contributed by atoms with Crippen molar-refractivity contribution >= 4 is 17.5 Å². The zero-order chi connectivity index (χ0) is 12.3. The second-order valence-corrected chi connectivity index (χ2v) is 4.81. The number of carbonyl (C=O) groups excluding carboxylic acids is 1. The van der Waals surface area contributed by atoms with Gasteiger partial charge in [0.05, 0.1) is 0 Å². The number of benzene rings is 1. The van der Waals surface area contributed by atoms with Gasteiger partial charge in [0.25, 0.3) is 0 Å². The molecule has 0 saturated heterocycles. The highest BCUT2D eigenvalue weighted by molar-refractivity contribution is 6.30. The van der Waals surface area contributed by atoms with Crippen LogP contribution in [0.3, 0.4) is 0 Å². The Bertz CT molecular complexity index is 404. The Labute approximate surface area is 105 Å². The number of nitrogens with one attached hydrogen (secondary N) is 1. The molecule has 0 aliphatic heterocycles. The molecule has 0 aromatic heterocycles. The number of carbonyl (C=O) groups is 1. The summed E-state index contributed by atoms with van der Waals surface area (Å²) in [5.41, 5.74) is 0.240. The standard InChI is InChI=1S/C13H15ClFNO/c14-12(10-7-3-4-8-11(10)15)13(17)16-9-5-1-2-6-9/h3-4,7-9,12H,1-2,5-6H2,(H,16,17). The quantitative estimate of drug-likeness (QED) is 0.826. The Hall–Kier alpha value is -1.09. The molecule has 1 saturated carbocycles. The van der Waals surface area contributed by atoms with Crippen LogP contribution in [-0.4, -0.2) is 11.9 Å². The minimum atomic E-state index is -0.947. The third kappa shape index (κ3) is 2.97. The van der Waals surface area contributed by atoms with Crippen molar-refractivity contribution in [3.8, 4) is 0 Å². The van der Waals surface area contributed by atoms with E-state index < -0.39 is 11.2 Å². The van der Waals surface area contributed by atoms with Gasteiger partial charge in [-0.1, -0.05) is 31.0 Å². The lowest BCUT2D eigenvalue weighted by Gasteiger charge is -2.15. The van der Waals surface area contributed by atoms with Crippen LogP contribution < -0.4 is 5.32 Å². The van der Waals surface area contributed by atoms with Crippen LogP contribution in [0.4, 0.5) is 4.39 Å². The molecule has 1 atom stereocenters. The molecule has 1 aliphatic rings. The van der Waals surface area contributed by atoms with Crippen LogP contribution in [0.15, 0.2) is 24.3 Å². The molecule has 1 amide bonds. The molecule has 92 valence electrons. The summed E-state index contributed by atoms with van der Waals surface area (Å²) in [7, 11) is 0. The molecule has 17 heavy (non-hydrogen) atoms. The second-order valence-electron chi connectivity index (χ2n) is 4.37. The zero-order valence-electron chi connectivity index (χ0n) is 9.46. The lowest BCUT2D eigenvalue weighted by Crippen LogP contribution is -2.35. The fraction of sp³-hybridized carbons (Fsp3) is 0.462. The van der Waals surface area contributed by atoms with Gasteiger partial charge in [-0.05, 0) is 18.9 Å². The van der Waals surface area contributed by atoms with E-state index in [1.165, 1.54) is 6.07 Å². The lowest BCUT2D eigenvalue weighted by molar-refractivity contribution is -0.121. The van der Waals surface area contributed by atoms with Gasteiger partial charge in [-0.25, -0.2) is 4.39 Å². The first kappa shape index (κ1) is 12.4. The third-order valence-electron chi connectivity index (χ3n) is 3.11. The van der Waals surface area contributed by atoms with Gasteiger partial charge in [0.2, 0.25) is 5.91 Å². The number of hydrogen-bond donors (Lipinski definition) is 1. The molecule has 0 spiro atoms. The van der Waals surface area contributed by atoms with E-state index in [4.69, 9.17) is 11.6 Å². The van der Waals surface area contributed by atoms with Crippen LogP contribution in [-0.2, 0) is 4.79 Å². The van der Waals surface area contributed by atoms with Crippen LogP contribution >= 0.6 is 11.6 Å². The molecule has 2 nitrogen and oxygen atoms in total. The van der Waals surface area contributed by atoms with Gasteiger partial charge in [0.15, 0.2) is 0 Å². The minimum Gasteiger partial charge on any atom is -0.352 e. The van der Waals surface area contributed by atoms with E-state index in [1.54, 1.807) is 18.2 Å². The number of halogens is 2. The van der Waals surface area contributed by atoms with Crippen molar-refractivity contribution in [3.05, 3.63) is 35.6 Å². The summed E-state index contributed by atoms with van der Waals surface area (Å²) in [6, 6.07) is 6.32. The van der Waals surface area contributed by atoms with Gasteiger partial charge in [-0.3, -0.25) is 4.79 Å². The second kappa shape index (κ2) is 5.50. The highest BCUT2D eigenvalue weighted by Gasteiger charge is 2.24. The Morgan fingerprint density at radius 3 is 2.65 bits per heavy atom. The molecule has 1 aromatic rings. The predicted octanol–water partition coefficient (Wildman–Crippen LogP) is 3.16. The van der Waals surface area contributed by atoms with E-state index in [9.17, 15) is 9.18 Å². The van der Waals surface area contributed by atoms with Crippen LogP contribution in [0.1, 0.15) is 36.6 Å². The summed E-state index contributed by atoms with van der Waals surface area (Å²) < 4.78 is 13.4. The Balaban J connectivity index is 2.01. The summed E-state index contributed by atoms with van der Waals surface area (Å²) in [6.07, 6.45) is 4.26. The Morgan fingerprint density at radius 1 is 1.35 bits per heavy atom. The van der Waals surface area contributed by atoms with E-state index in [0.717, 1.165) is 25.7 Å². The van der Waals surface area contributed by atoms with Crippen molar-refractivity contribution in [1.29, 1.82) is 0 Å². The Kier molecular flexibility index (Phi) is 4.00. The number of alkyl halides is 1. The van der Waals surface area contributed by atoms with Crippen molar-refractivity contribution < 1.29 is 9.18 Å². The van der Waals surface area contributed by atoms with Crippen molar-refractivity contribution in [2.24, 2.45) is 0 Å². The van der Waals surface area contributed by atoms with Crippen LogP contribution in [0.2, 0.25) is 0 Å². The average Bonchev–Trinajstić information content (AvgIpc) is 2.81. The van der Waals surface area contributed by atoms with Gasteiger partial charge in [-0.15, -0.1) is 11.6 Å². The van der Waals surface area contributed by atoms with Crippen LogP contribution in [0.5, 0.6) is 0 Å². The summed E-state index contributed by atoms with van der Waals surface area (Å²) in [5.74, 6) is -0.738. The molecule has 0 bridgehead atoms. The first-order valence-electron chi connectivity index (χ1n) is 5.87. The van der Waals surface area contributed by atoms with Crippen molar-refractivity contribution in [3.63, 3.8) is 0 Å². The maximum absolute atomic E-state index is 13.4. The number of rotatable bonds is 3. The largest absolute Gasteiger partial charge is 0.352 e. The van der Waals surface area contributed by atoms with Crippen LogP contribution in [0.25, 0.3) is 0 Å². The summed E-state index contributed by atoms with van der Waals surface area (Å²) in [4.78, 5) is 11.8. The molecule has 2 rings (SSSR count). The van der Waals surface area contributed by atoms with Crippen molar-refractivity contribution in [2.45, 2.75) is 37.1 Å². The zero-order valence-corrected chi connectivity index (χ0v) is 10.2. The predicted molar refractivity (Wildman–Crippen MR) is 65.4 cm³/mol. The maximum atomic E-state index is 13.4. The van der Waals surface area contributed by atoms with Gasteiger partial charge < -0.3 is 5.32 Å². The normalized spacial score (nSPS) is 18.0. The maximum Gasteiger partial charge on any atom is 0.242 e. The summed E-state index contributed by atoms with van der Waals surface area (Å²) in [5, 5.41) is 1.92. The van der Waals surface area contributed by atoms with E-state index in [0.29, 0.717) is 0 Å². The van der Waals surface area contributed by atoms with Crippen molar-refractivity contribution in [2.75, 3.05) is 0 Å². The molecule has 1 aliphatic carbocycles. The van der Waals surface area contributed by atoms with Gasteiger partial charge in [0.1, 0.15) is 11.2 Å². The summed E-state index contributed by atoms with van der Waals surface area (Å²) >= 11 is 5.99. The summed E-state index contributed by atoms with van der Waals surface area (Å²) in [6.45, 7) is 0. The van der Waals surface area contributed by atoms with Gasteiger partial charge in [-0.2, -0.15) is 0 Å². The SMILES string of the molecule is O=C(NC1CCCC1)C(Cl)c1ccccc1F. The molecule has 1 N–H and O–H groups in total. The van der Waals surface area contributed by atoms with Gasteiger partial charge in [0, 0.05) is 11.6 Å². The molecule has 0 radical (unpaired) electrons. The molecular weight excluding hydrogens is 241 g/mol. The molecule has 4 heteroatoms. The average molecular weight is 256 g/mol. The van der Waals surface area contributed by atoms with Crippen LogP contribution in [0, 0.1) is 5.82 Å². The minimum absolute atomic E-state index is 0.204. The third-order valence-corrected chi connectivity index (χ3v) is 3.54. The fourth-order valence-electron chi connectivity index (χ4n) is 2.17. The highest BCUT2D eigenvalue weighted by atomic mass is 35.5. The first-order valence-corrected chi connectivity index (χ1v) is 6.31. The molecule has 1 fully saturated rings. The van der Waals surface area contributed by atoms with E-state index in [1.807, 2.05) is 0 Å². The number of hydrogen-bond acceptors (Lipinski definition) is 1. The molecule has 0 heterocycles. The van der Waals surface area contributed by atoms with Crippen molar-refractivity contribution in [1.82, 2.24) is 5.32 Å². The first-order chi connectivity index (χ1) is 8.18. The topological polar surface area (TPSA) is 29.1 Å². The van der Waals surface area contributed by atoms with E-state index in [2.05, 4.69) is 5.32 Å². The van der Waals surface area contributed by atoms with Gasteiger partial charge >= 0.3 is 0 Å². The highest BCUT2D eigenvalue weighted by Crippen LogP contribution is 2.25. The molecular formula is C13H15ClFNO. The number of amides is 1. The molecule has 1 unspecified atom stereocenters. The Morgan fingerprint density at radius 2 is 2.00 bits per heavy atom. The fourth-order valence-corrected chi connectivity index (χ4v) is 2.41. The van der Waals surface area contributed by atoms with E-state index in [-0.39, 0.29) is 17.5 Å². The van der Waals surface area contributed by atoms with E-state index >= 15 is 0 Å².